The van der Waals surface area contributed by atoms with Crippen LogP contribution < -0.4 is 4.72 Å². The first-order chi connectivity index (χ1) is 7.17. The van der Waals surface area contributed by atoms with E-state index >= 15 is 0 Å². The molecule has 0 saturated carbocycles. The largest absolute Gasteiger partial charge is 0.279 e. The van der Waals surface area contributed by atoms with Gasteiger partial charge in [-0.2, -0.15) is 12.7 Å². The fourth-order valence-electron chi connectivity index (χ4n) is 1.77. The van der Waals surface area contributed by atoms with Gasteiger partial charge in [0.2, 0.25) is 0 Å². The first-order valence-corrected chi connectivity index (χ1v) is 7.35. The van der Waals surface area contributed by atoms with E-state index in [9.17, 15) is 8.42 Å². The lowest BCUT2D eigenvalue weighted by molar-refractivity contribution is 0.463. The highest BCUT2D eigenvalue weighted by molar-refractivity contribution is 7.87. The molecule has 1 N–H and O–H groups in total. The summed E-state index contributed by atoms with van der Waals surface area (Å²) in [6.45, 7) is 4.10. The topological polar surface area (TPSA) is 49.4 Å². The Morgan fingerprint density at radius 1 is 1.13 bits per heavy atom. The maximum Gasteiger partial charge on any atom is 0.279 e. The zero-order valence-corrected chi connectivity index (χ0v) is 10.4. The van der Waals surface area contributed by atoms with Gasteiger partial charge in [0.1, 0.15) is 0 Å². The van der Waals surface area contributed by atoms with Crippen molar-refractivity contribution in [1.29, 1.82) is 0 Å². The van der Waals surface area contributed by atoms with E-state index in [-0.39, 0.29) is 0 Å². The molecule has 1 saturated heterocycles. The molecule has 15 heavy (non-hydrogen) atoms. The number of nitrogens with zero attached hydrogens (tertiary/aromatic N) is 1. The van der Waals surface area contributed by atoms with Gasteiger partial charge in [0, 0.05) is 19.6 Å². The summed E-state index contributed by atoms with van der Waals surface area (Å²) in [4.78, 5) is 0. The number of nitrogens with one attached hydrogen (secondary N) is 1. The van der Waals surface area contributed by atoms with Gasteiger partial charge in [-0.3, -0.25) is 0 Å². The van der Waals surface area contributed by atoms with Gasteiger partial charge in [0.15, 0.2) is 0 Å². The van der Waals surface area contributed by atoms with Crippen LogP contribution in [-0.4, -0.2) is 32.4 Å². The monoisotopic (exact) mass is 234 g/mol. The molecule has 1 aliphatic heterocycles. The van der Waals surface area contributed by atoms with Gasteiger partial charge < -0.3 is 0 Å². The van der Waals surface area contributed by atoms with Gasteiger partial charge in [0.05, 0.1) is 0 Å². The molecular formula is C10H22N2O2S. The summed E-state index contributed by atoms with van der Waals surface area (Å²) < 4.78 is 27.6. The summed E-state index contributed by atoms with van der Waals surface area (Å²) in [6, 6.07) is 0. The van der Waals surface area contributed by atoms with E-state index in [1.807, 2.05) is 0 Å². The zero-order chi connectivity index (χ0) is 11.1. The summed E-state index contributed by atoms with van der Waals surface area (Å²) in [6.07, 6.45) is 6.41. The fraction of sp³-hybridized carbons (Fsp3) is 1.00. The third-order valence-electron chi connectivity index (χ3n) is 2.72. The Hall–Kier alpha value is -0.130. The van der Waals surface area contributed by atoms with Gasteiger partial charge in [0.25, 0.3) is 10.2 Å². The molecule has 5 heteroatoms. The molecule has 0 unspecified atom stereocenters. The maximum absolute atomic E-state index is 11.7. The predicted octanol–water partition coefficient (Wildman–Crippen LogP) is 1.50. The molecule has 1 rings (SSSR count). The van der Waals surface area contributed by atoms with Crippen molar-refractivity contribution < 1.29 is 8.42 Å². The third-order valence-corrected chi connectivity index (χ3v) is 4.33. The molecule has 0 radical (unpaired) electrons. The summed E-state index contributed by atoms with van der Waals surface area (Å²) in [7, 11) is -3.16. The summed E-state index contributed by atoms with van der Waals surface area (Å²) in [5.41, 5.74) is 0. The summed E-state index contributed by atoms with van der Waals surface area (Å²) in [5.74, 6) is 0. The minimum atomic E-state index is -3.16. The van der Waals surface area contributed by atoms with Crippen LogP contribution in [0.3, 0.4) is 0 Å². The first kappa shape index (κ1) is 12.9. The smallest absolute Gasteiger partial charge is 0.202 e. The normalized spacial score (nSPS) is 18.5. The quantitative estimate of drug-likeness (QED) is 0.679. The Balaban J connectivity index is 2.18. The van der Waals surface area contributed by atoms with Crippen molar-refractivity contribution in [3.8, 4) is 0 Å². The van der Waals surface area contributed by atoms with Crippen LogP contribution in [0.4, 0.5) is 0 Å². The summed E-state index contributed by atoms with van der Waals surface area (Å²) in [5, 5.41) is 0. The molecule has 90 valence electrons. The predicted molar refractivity (Wildman–Crippen MR) is 61.9 cm³/mol. The average Bonchev–Trinajstić information content (AvgIpc) is 2.70. The Labute approximate surface area is 93.2 Å². The van der Waals surface area contributed by atoms with Gasteiger partial charge in [-0.25, -0.2) is 4.72 Å². The molecule has 0 atom stereocenters. The summed E-state index contributed by atoms with van der Waals surface area (Å²) >= 11 is 0. The van der Waals surface area contributed by atoms with Crippen molar-refractivity contribution >= 4 is 10.2 Å². The lowest BCUT2D eigenvalue weighted by atomic mass is 10.2. The highest BCUT2D eigenvalue weighted by Crippen LogP contribution is 2.11. The van der Waals surface area contributed by atoms with Crippen LogP contribution in [0.25, 0.3) is 0 Å². The number of hydrogen-bond acceptors (Lipinski definition) is 2. The molecule has 1 aliphatic rings. The second-order valence-corrected chi connectivity index (χ2v) is 5.82. The molecule has 1 heterocycles. The van der Waals surface area contributed by atoms with E-state index < -0.39 is 10.2 Å². The Kier molecular flexibility index (Phi) is 5.56. The van der Waals surface area contributed by atoms with E-state index in [1.165, 1.54) is 12.8 Å². The van der Waals surface area contributed by atoms with Gasteiger partial charge in [-0.1, -0.05) is 26.2 Å². The van der Waals surface area contributed by atoms with Gasteiger partial charge >= 0.3 is 0 Å². The molecule has 0 aromatic rings. The average molecular weight is 234 g/mol. The molecule has 0 aromatic heterocycles. The molecule has 1 fully saturated rings. The van der Waals surface area contributed by atoms with E-state index in [2.05, 4.69) is 11.6 Å². The Morgan fingerprint density at radius 3 is 2.40 bits per heavy atom. The van der Waals surface area contributed by atoms with Gasteiger partial charge in [-0.15, -0.1) is 0 Å². The molecule has 0 bridgehead atoms. The lowest BCUT2D eigenvalue weighted by Crippen LogP contribution is -2.39. The Bertz CT molecular complexity index is 259. The van der Waals surface area contributed by atoms with Crippen molar-refractivity contribution in [2.45, 2.75) is 45.4 Å². The van der Waals surface area contributed by atoms with Gasteiger partial charge in [-0.05, 0) is 19.3 Å². The second-order valence-electron chi connectivity index (χ2n) is 4.07. The number of unbranched alkanes of at least 4 members (excludes halogenated alkanes) is 3. The van der Waals surface area contributed by atoms with Crippen molar-refractivity contribution in [2.24, 2.45) is 0 Å². The van der Waals surface area contributed by atoms with E-state index in [4.69, 9.17) is 0 Å². The fourth-order valence-corrected chi connectivity index (χ4v) is 3.10. The minimum absolute atomic E-state index is 0.582. The van der Waals surface area contributed by atoms with Crippen molar-refractivity contribution in [3.05, 3.63) is 0 Å². The zero-order valence-electron chi connectivity index (χ0n) is 9.54. The first-order valence-electron chi connectivity index (χ1n) is 5.91. The Morgan fingerprint density at radius 2 is 1.80 bits per heavy atom. The molecule has 0 spiro atoms. The van der Waals surface area contributed by atoms with Crippen molar-refractivity contribution in [3.63, 3.8) is 0 Å². The number of rotatable bonds is 7. The van der Waals surface area contributed by atoms with Crippen LogP contribution in [0.15, 0.2) is 0 Å². The third kappa shape index (κ3) is 4.49. The van der Waals surface area contributed by atoms with Crippen LogP contribution >= 0.6 is 0 Å². The molecule has 4 nitrogen and oxygen atoms in total. The maximum atomic E-state index is 11.7. The second kappa shape index (κ2) is 6.45. The van der Waals surface area contributed by atoms with Crippen LogP contribution in [0.2, 0.25) is 0 Å². The van der Waals surface area contributed by atoms with E-state index in [0.29, 0.717) is 19.6 Å². The molecular weight excluding hydrogens is 212 g/mol. The van der Waals surface area contributed by atoms with Crippen LogP contribution in [-0.2, 0) is 10.2 Å². The molecule has 0 aromatic carbocycles. The van der Waals surface area contributed by atoms with E-state index in [0.717, 1.165) is 25.7 Å². The van der Waals surface area contributed by atoms with Crippen LogP contribution in [0.5, 0.6) is 0 Å². The van der Waals surface area contributed by atoms with Crippen LogP contribution in [0, 0.1) is 0 Å². The highest BCUT2D eigenvalue weighted by Gasteiger charge is 2.24. The standard InChI is InChI=1S/C10H22N2O2S/c1-2-3-4-5-8-11-15(13,14)12-9-6-7-10-12/h11H,2-10H2,1H3. The molecule has 0 aliphatic carbocycles. The number of hydrogen-bond donors (Lipinski definition) is 1. The molecule has 0 amide bonds. The highest BCUT2D eigenvalue weighted by atomic mass is 32.2. The SMILES string of the molecule is CCCCCCNS(=O)(=O)N1CCCC1. The van der Waals surface area contributed by atoms with Crippen LogP contribution in [0.1, 0.15) is 45.4 Å². The lowest BCUT2D eigenvalue weighted by Gasteiger charge is -2.15. The van der Waals surface area contributed by atoms with E-state index in [1.54, 1.807) is 4.31 Å². The minimum Gasteiger partial charge on any atom is -0.202 e. The van der Waals surface area contributed by atoms with Crippen molar-refractivity contribution in [2.75, 3.05) is 19.6 Å². The van der Waals surface area contributed by atoms with Crippen molar-refractivity contribution in [1.82, 2.24) is 9.03 Å².